The average Bonchev–Trinajstić information content (AvgIpc) is 2.72. The van der Waals surface area contributed by atoms with Crippen LogP contribution < -0.4 is 10.2 Å². The molecule has 0 bridgehead atoms. The second kappa shape index (κ2) is 6.83. The number of nitrogens with one attached hydrogen (secondary N) is 1. The van der Waals surface area contributed by atoms with Crippen LogP contribution in [-0.4, -0.2) is 38.8 Å². The number of thiazole rings is 1. The number of ether oxygens (including phenoxy) is 1. The van der Waals surface area contributed by atoms with Crippen molar-refractivity contribution in [2.45, 2.75) is 25.9 Å². The number of nitrogens with zero attached hydrogens (tertiary/aromatic N) is 2. The molecule has 0 aliphatic heterocycles. The molecule has 0 spiro atoms. The summed E-state index contributed by atoms with van der Waals surface area (Å²) in [6, 6.07) is 0.462. The van der Waals surface area contributed by atoms with Crippen LogP contribution in [0.25, 0.3) is 0 Å². The zero-order chi connectivity index (χ0) is 12.0. The van der Waals surface area contributed by atoms with Crippen molar-refractivity contribution in [2.24, 2.45) is 0 Å². The summed E-state index contributed by atoms with van der Waals surface area (Å²) in [7, 11) is 5.75. The van der Waals surface area contributed by atoms with Crippen molar-refractivity contribution < 1.29 is 4.74 Å². The number of rotatable bonds is 7. The van der Waals surface area contributed by atoms with Crippen molar-refractivity contribution in [3.63, 3.8) is 0 Å². The molecule has 1 heterocycles. The maximum atomic E-state index is 5.04. The van der Waals surface area contributed by atoms with E-state index in [-0.39, 0.29) is 0 Å². The normalized spacial score (nSPS) is 12.8. The van der Waals surface area contributed by atoms with Gasteiger partial charge in [0.2, 0.25) is 0 Å². The van der Waals surface area contributed by atoms with Crippen molar-refractivity contribution in [3.8, 4) is 0 Å². The van der Waals surface area contributed by atoms with Crippen LogP contribution in [0, 0.1) is 0 Å². The average molecular weight is 243 g/mol. The summed E-state index contributed by atoms with van der Waals surface area (Å²) in [6.07, 6.45) is 1.03. The van der Waals surface area contributed by atoms with E-state index < -0.39 is 0 Å². The Balaban J connectivity index is 2.31. The lowest BCUT2D eigenvalue weighted by Crippen LogP contribution is -2.26. The first-order chi connectivity index (χ1) is 7.63. The summed E-state index contributed by atoms with van der Waals surface area (Å²) < 4.78 is 5.04. The van der Waals surface area contributed by atoms with E-state index >= 15 is 0 Å². The highest BCUT2D eigenvalue weighted by atomic mass is 32.1. The molecule has 1 unspecified atom stereocenters. The number of hydrogen-bond acceptors (Lipinski definition) is 5. The molecule has 0 fully saturated rings. The fourth-order valence-corrected chi connectivity index (χ4v) is 2.02. The van der Waals surface area contributed by atoms with Gasteiger partial charge in [0.1, 0.15) is 0 Å². The zero-order valence-corrected chi connectivity index (χ0v) is 11.3. The zero-order valence-electron chi connectivity index (χ0n) is 10.5. The summed E-state index contributed by atoms with van der Waals surface area (Å²) in [5.74, 6) is 0. The van der Waals surface area contributed by atoms with Crippen LogP contribution in [0.4, 0.5) is 5.13 Å². The standard InChI is InChI=1S/C11H21N3OS/c1-9(5-6-15-4)12-7-10-8-16-11(13-10)14(2)3/h8-9,12H,5-7H2,1-4H3. The molecular formula is C11H21N3OS. The lowest BCUT2D eigenvalue weighted by molar-refractivity contribution is 0.184. The molecule has 1 aromatic heterocycles. The third-order valence-corrected chi connectivity index (χ3v) is 3.37. The summed E-state index contributed by atoms with van der Waals surface area (Å²) >= 11 is 1.68. The highest BCUT2D eigenvalue weighted by Crippen LogP contribution is 2.17. The van der Waals surface area contributed by atoms with Gasteiger partial charge in [0.05, 0.1) is 5.69 Å². The first-order valence-electron chi connectivity index (χ1n) is 5.47. The quantitative estimate of drug-likeness (QED) is 0.791. The third-order valence-electron chi connectivity index (χ3n) is 2.31. The van der Waals surface area contributed by atoms with Gasteiger partial charge in [0.15, 0.2) is 5.13 Å². The van der Waals surface area contributed by atoms with Gasteiger partial charge in [-0.25, -0.2) is 4.98 Å². The summed E-state index contributed by atoms with van der Waals surface area (Å²) in [5, 5.41) is 6.59. The minimum absolute atomic E-state index is 0.462. The van der Waals surface area contributed by atoms with Crippen LogP contribution in [0.5, 0.6) is 0 Å². The van der Waals surface area contributed by atoms with Gasteiger partial charge in [-0.15, -0.1) is 11.3 Å². The molecule has 92 valence electrons. The molecule has 16 heavy (non-hydrogen) atoms. The topological polar surface area (TPSA) is 37.4 Å². The Morgan fingerprint density at radius 3 is 2.88 bits per heavy atom. The van der Waals surface area contributed by atoms with E-state index in [4.69, 9.17) is 4.74 Å². The molecule has 1 atom stereocenters. The van der Waals surface area contributed by atoms with Gasteiger partial charge in [0.25, 0.3) is 0 Å². The molecule has 0 aliphatic rings. The third kappa shape index (κ3) is 4.47. The molecule has 0 aromatic carbocycles. The number of aromatic nitrogens is 1. The van der Waals surface area contributed by atoms with Crippen LogP contribution in [-0.2, 0) is 11.3 Å². The number of methoxy groups -OCH3 is 1. The first kappa shape index (κ1) is 13.4. The minimum Gasteiger partial charge on any atom is -0.385 e. The molecule has 4 nitrogen and oxygen atoms in total. The highest BCUT2D eigenvalue weighted by molar-refractivity contribution is 7.13. The molecule has 5 heteroatoms. The van der Waals surface area contributed by atoms with E-state index in [2.05, 4.69) is 22.6 Å². The van der Waals surface area contributed by atoms with Crippen LogP contribution in [0.1, 0.15) is 19.0 Å². The largest absolute Gasteiger partial charge is 0.385 e. The van der Waals surface area contributed by atoms with Crippen LogP contribution in [0.2, 0.25) is 0 Å². The molecule has 0 amide bonds. The smallest absolute Gasteiger partial charge is 0.185 e. The predicted molar refractivity (Wildman–Crippen MR) is 69.2 cm³/mol. The van der Waals surface area contributed by atoms with Gasteiger partial charge in [-0.2, -0.15) is 0 Å². The van der Waals surface area contributed by atoms with Gasteiger partial charge in [-0.3, -0.25) is 0 Å². The van der Waals surface area contributed by atoms with E-state index in [0.717, 1.165) is 30.4 Å². The van der Waals surface area contributed by atoms with E-state index in [1.54, 1.807) is 18.4 Å². The maximum absolute atomic E-state index is 5.04. The predicted octanol–water partition coefficient (Wildman–Crippen LogP) is 1.72. The van der Waals surface area contributed by atoms with Gasteiger partial charge in [-0.1, -0.05) is 0 Å². The lowest BCUT2D eigenvalue weighted by atomic mass is 10.2. The Labute approximate surface area is 102 Å². The molecule has 0 saturated heterocycles. The van der Waals surface area contributed by atoms with E-state index in [0.29, 0.717) is 6.04 Å². The van der Waals surface area contributed by atoms with E-state index in [1.165, 1.54) is 0 Å². The molecule has 0 aliphatic carbocycles. The lowest BCUT2D eigenvalue weighted by Gasteiger charge is -2.12. The molecule has 1 rings (SSSR count). The number of anilines is 1. The molecule has 1 aromatic rings. The van der Waals surface area contributed by atoms with E-state index in [1.807, 2.05) is 19.0 Å². The molecular weight excluding hydrogens is 222 g/mol. The minimum atomic E-state index is 0.462. The van der Waals surface area contributed by atoms with Gasteiger partial charge in [-0.05, 0) is 13.3 Å². The second-order valence-corrected chi connectivity index (χ2v) is 4.92. The molecule has 0 saturated carbocycles. The Kier molecular flexibility index (Phi) is 5.73. The Bertz CT molecular complexity index is 301. The van der Waals surface area contributed by atoms with Crippen molar-refractivity contribution >= 4 is 16.5 Å². The monoisotopic (exact) mass is 243 g/mol. The van der Waals surface area contributed by atoms with Crippen molar-refractivity contribution in [3.05, 3.63) is 11.1 Å². The summed E-state index contributed by atoms with van der Waals surface area (Å²) in [5.41, 5.74) is 1.11. The Hall–Kier alpha value is -0.650. The van der Waals surface area contributed by atoms with Crippen molar-refractivity contribution in [2.75, 3.05) is 32.7 Å². The van der Waals surface area contributed by atoms with Crippen LogP contribution in [0.3, 0.4) is 0 Å². The van der Waals surface area contributed by atoms with Crippen molar-refractivity contribution in [1.29, 1.82) is 0 Å². The summed E-state index contributed by atoms with van der Waals surface area (Å²) in [6.45, 7) is 3.79. The number of hydrogen-bond donors (Lipinski definition) is 1. The first-order valence-corrected chi connectivity index (χ1v) is 6.35. The molecule has 0 radical (unpaired) electrons. The fourth-order valence-electron chi connectivity index (χ4n) is 1.26. The summed E-state index contributed by atoms with van der Waals surface area (Å²) in [4.78, 5) is 6.54. The fraction of sp³-hybridized carbons (Fsp3) is 0.727. The Morgan fingerprint density at radius 1 is 1.56 bits per heavy atom. The van der Waals surface area contributed by atoms with Crippen LogP contribution >= 0.6 is 11.3 Å². The second-order valence-electron chi connectivity index (χ2n) is 4.08. The van der Waals surface area contributed by atoms with Crippen molar-refractivity contribution in [1.82, 2.24) is 10.3 Å². The van der Waals surface area contributed by atoms with E-state index in [9.17, 15) is 0 Å². The van der Waals surface area contributed by atoms with Gasteiger partial charge in [0, 0.05) is 45.8 Å². The SMILES string of the molecule is COCCC(C)NCc1csc(N(C)C)n1. The van der Waals surface area contributed by atoms with Gasteiger partial charge >= 0.3 is 0 Å². The Morgan fingerprint density at radius 2 is 2.31 bits per heavy atom. The highest BCUT2D eigenvalue weighted by Gasteiger charge is 2.05. The maximum Gasteiger partial charge on any atom is 0.185 e. The molecule has 1 N–H and O–H groups in total. The van der Waals surface area contributed by atoms with Crippen LogP contribution in [0.15, 0.2) is 5.38 Å². The van der Waals surface area contributed by atoms with Gasteiger partial charge < -0.3 is 15.0 Å².